The summed E-state index contributed by atoms with van der Waals surface area (Å²) in [6.07, 6.45) is 0.274. The fourth-order valence-electron chi connectivity index (χ4n) is 2.31. The van der Waals surface area contributed by atoms with Gasteiger partial charge in [-0.25, -0.2) is 4.79 Å². The van der Waals surface area contributed by atoms with Crippen molar-refractivity contribution >= 4 is 39.2 Å². The van der Waals surface area contributed by atoms with Crippen LogP contribution in [0.15, 0.2) is 30.0 Å². The summed E-state index contributed by atoms with van der Waals surface area (Å²) in [6.45, 7) is 1.73. The summed E-state index contributed by atoms with van der Waals surface area (Å²) in [5.41, 5.74) is 1.02. The smallest absolute Gasteiger partial charge is 0.356 e. The van der Waals surface area contributed by atoms with Crippen LogP contribution >= 0.6 is 11.5 Å². The van der Waals surface area contributed by atoms with Crippen molar-refractivity contribution in [3.8, 4) is 0 Å². The Balaban J connectivity index is 2.12. The van der Waals surface area contributed by atoms with E-state index in [0.717, 1.165) is 11.5 Å². The van der Waals surface area contributed by atoms with Gasteiger partial charge < -0.3 is 15.1 Å². The summed E-state index contributed by atoms with van der Waals surface area (Å²) in [4.78, 5) is 26.1. The molecule has 0 saturated heterocycles. The maximum absolute atomic E-state index is 12.2. The normalized spacial score (nSPS) is 18.8. The number of allylic oxidation sites excluding steroid dienone is 1. The molecule has 1 amide bonds. The van der Waals surface area contributed by atoms with Crippen LogP contribution < -0.4 is 4.90 Å². The summed E-state index contributed by atoms with van der Waals surface area (Å²) in [6, 6.07) is 4.92. The zero-order chi connectivity index (χ0) is 16.0. The number of aromatic carboxylic acids is 1. The Morgan fingerprint density at radius 1 is 1.41 bits per heavy atom. The van der Waals surface area contributed by atoms with Gasteiger partial charge in [-0.05, 0) is 36.7 Å². The maximum atomic E-state index is 12.2. The molecule has 0 fully saturated rings. The number of rotatable bonds is 2. The highest BCUT2D eigenvalue weighted by Gasteiger charge is 2.31. The molecule has 2 heterocycles. The van der Waals surface area contributed by atoms with Crippen LogP contribution in [0.1, 0.15) is 17.4 Å². The number of aliphatic hydroxyl groups excluding tert-OH is 1. The van der Waals surface area contributed by atoms with Crippen molar-refractivity contribution in [2.75, 3.05) is 11.9 Å². The van der Waals surface area contributed by atoms with E-state index in [-0.39, 0.29) is 11.6 Å². The number of benzene rings is 1. The summed E-state index contributed by atoms with van der Waals surface area (Å²) >= 11 is 1.08. The number of carbonyl (C=O) groups excluding carboxylic acids is 1. The highest BCUT2D eigenvalue weighted by molar-refractivity contribution is 7.13. The Morgan fingerprint density at radius 3 is 2.82 bits per heavy atom. The molecule has 0 aliphatic carbocycles. The highest BCUT2D eigenvalue weighted by atomic mass is 32.1. The lowest BCUT2D eigenvalue weighted by Crippen LogP contribution is -2.52. The van der Waals surface area contributed by atoms with E-state index < -0.39 is 12.3 Å². The van der Waals surface area contributed by atoms with Gasteiger partial charge in [-0.3, -0.25) is 9.69 Å². The Bertz CT molecular complexity index is 814. The highest BCUT2D eigenvalue weighted by Crippen LogP contribution is 2.30. The maximum Gasteiger partial charge on any atom is 0.356 e. The number of aliphatic hydroxyl groups is 1. The van der Waals surface area contributed by atoms with Crippen molar-refractivity contribution in [2.24, 2.45) is 0 Å². The molecular weight excluding hydrogens is 306 g/mol. The molecule has 1 atom stereocenters. The Morgan fingerprint density at radius 2 is 2.14 bits per heavy atom. The molecule has 3 rings (SSSR count). The van der Waals surface area contributed by atoms with Crippen LogP contribution in [0, 0.1) is 0 Å². The monoisotopic (exact) mass is 319 g/mol. The summed E-state index contributed by atoms with van der Waals surface area (Å²) in [5.74, 6) is -1.48. The Labute approximate surface area is 129 Å². The van der Waals surface area contributed by atoms with E-state index in [1.165, 1.54) is 11.0 Å². The SMILES string of the molecule is CC1=CC(=O)N(c2ccc3snc(C(=O)O)c3c2)C(O)N1C. The van der Waals surface area contributed by atoms with Crippen molar-refractivity contribution in [2.45, 2.75) is 13.3 Å². The van der Waals surface area contributed by atoms with Crippen LogP contribution in [-0.2, 0) is 4.79 Å². The van der Waals surface area contributed by atoms with Gasteiger partial charge in [-0.1, -0.05) is 0 Å². The predicted molar refractivity (Wildman–Crippen MR) is 81.6 cm³/mol. The number of hydrogen-bond acceptors (Lipinski definition) is 6. The lowest BCUT2D eigenvalue weighted by molar-refractivity contribution is -0.119. The molecule has 1 aromatic heterocycles. The number of carbonyl (C=O) groups is 2. The molecule has 114 valence electrons. The number of carboxylic acids is 1. The average molecular weight is 319 g/mol. The number of amides is 1. The Hall–Kier alpha value is -2.45. The second-order valence-corrected chi connectivity index (χ2v) is 5.77. The molecule has 0 radical (unpaired) electrons. The Kier molecular flexibility index (Phi) is 3.34. The number of aromatic nitrogens is 1. The number of carboxylic acid groups (broad SMARTS) is 1. The molecule has 0 spiro atoms. The molecule has 0 saturated carbocycles. The van der Waals surface area contributed by atoms with Crippen LogP contribution in [0.4, 0.5) is 5.69 Å². The molecule has 7 nitrogen and oxygen atoms in total. The average Bonchev–Trinajstić information content (AvgIpc) is 2.88. The summed E-state index contributed by atoms with van der Waals surface area (Å²) < 4.78 is 4.61. The van der Waals surface area contributed by atoms with Crippen molar-refractivity contribution < 1.29 is 19.8 Å². The van der Waals surface area contributed by atoms with Crippen LogP contribution in [0.3, 0.4) is 0 Å². The van der Waals surface area contributed by atoms with Crippen molar-refractivity contribution in [1.29, 1.82) is 0 Å². The van der Waals surface area contributed by atoms with E-state index in [0.29, 0.717) is 21.5 Å². The second-order valence-electron chi connectivity index (χ2n) is 4.97. The topological polar surface area (TPSA) is 94.0 Å². The van der Waals surface area contributed by atoms with Crippen LogP contribution in [0.5, 0.6) is 0 Å². The molecular formula is C14H13N3O4S. The predicted octanol–water partition coefficient (Wildman–Crippen LogP) is 1.45. The number of fused-ring (bicyclic) bond motifs is 1. The first-order valence-electron chi connectivity index (χ1n) is 6.45. The van der Waals surface area contributed by atoms with Gasteiger partial charge in [0.2, 0.25) is 6.35 Å². The molecule has 1 aliphatic rings. The largest absolute Gasteiger partial charge is 0.476 e. The van der Waals surface area contributed by atoms with E-state index in [1.807, 2.05) is 0 Å². The van der Waals surface area contributed by atoms with Crippen molar-refractivity contribution in [1.82, 2.24) is 9.27 Å². The molecule has 0 bridgehead atoms. The molecule has 2 aromatic rings. The number of hydrogen-bond donors (Lipinski definition) is 2. The zero-order valence-corrected chi connectivity index (χ0v) is 12.7. The van der Waals surface area contributed by atoms with Gasteiger partial charge in [-0.2, -0.15) is 4.37 Å². The lowest BCUT2D eigenvalue weighted by Gasteiger charge is -2.38. The molecule has 8 heteroatoms. The molecule has 1 aliphatic heterocycles. The van der Waals surface area contributed by atoms with Crippen molar-refractivity contribution in [3.63, 3.8) is 0 Å². The minimum Gasteiger partial charge on any atom is -0.476 e. The minimum atomic E-state index is -1.14. The standard InChI is InChI=1S/C14H13N3O4S/c1-7-5-11(18)17(14(21)16(7)2)8-3-4-10-9(6-8)12(13(19)20)15-22-10/h3-6,14,21H,1-2H3,(H,19,20). The van der Waals surface area contributed by atoms with Crippen molar-refractivity contribution in [3.05, 3.63) is 35.7 Å². The lowest BCUT2D eigenvalue weighted by atomic mass is 10.1. The van der Waals surface area contributed by atoms with E-state index in [4.69, 9.17) is 5.11 Å². The van der Waals surface area contributed by atoms with Gasteiger partial charge >= 0.3 is 5.97 Å². The molecule has 22 heavy (non-hydrogen) atoms. The van der Waals surface area contributed by atoms with E-state index >= 15 is 0 Å². The first-order valence-corrected chi connectivity index (χ1v) is 7.22. The van der Waals surface area contributed by atoms with Crippen LogP contribution in [0.25, 0.3) is 10.1 Å². The molecule has 1 unspecified atom stereocenters. The first-order chi connectivity index (χ1) is 10.4. The summed E-state index contributed by atoms with van der Waals surface area (Å²) in [5, 5.41) is 19.9. The van der Waals surface area contributed by atoms with E-state index in [9.17, 15) is 14.7 Å². The molecule has 1 aromatic carbocycles. The quantitative estimate of drug-likeness (QED) is 0.870. The third kappa shape index (κ3) is 2.13. The zero-order valence-electron chi connectivity index (χ0n) is 11.8. The van der Waals surface area contributed by atoms with Gasteiger partial charge in [0, 0.05) is 29.9 Å². The van der Waals surface area contributed by atoms with Gasteiger partial charge in [0.25, 0.3) is 5.91 Å². The minimum absolute atomic E-state index is 0.0547. The fraction of sp³-hybridized carbons (Fsp3) is 0.214. The van der Waals surface area contributed by atoms with Gasteiger partial charge in [0.15, 0.2) is 5.69 Å². The molecule has 2 N–H and O–H groups in total. The van der Waals surface area contributed by atoms with Gasteiger partial charge in [0.1, 0.15) is 0 Å². The first kappa shape index (κ1) is 14.5. The van der Waals surface area contributed by atoms with E-state index in [2.05, 4.69) is 4.37 Å². The van der Waals surface area contributed by atoms with Gasteiger partial charge in [-0.15, -0.1) is 0 Å². The number of nitrogens with zero attached hydrogens (tertiary/aromatic N) is 3. The van der Waals surface area contributed by atoms with Gasteiger partial charge in [0.05, 0.1) is 4.70 Å². The summed E-state index contributed by atoms with van der Waals surface area (Å²) in [7, 11) is 1.67. The number of anilines is 1. The van der Waals surface area contributed by atoms with Crippen LogP contribution in [0.2, 0.25) is 0 Å². The fourth-order valence-corrected chi connectivity index (χ4v) is 3.06. The second kappa shape index (κ2) is 5.08. The van der Waals surface area contributed by atoms with E-state index in [1.54, 1.807) is 37.1 Å². The third-order valence-electron chi connectivity index (χ3n) is 3.64. The van der Waals surface area contributed by atoms with Crippen LogP contribution in [-0.4, -0.2) is 44.8 Å². The third-order valence-corrected chi connectivity index (χ3v) is 4.46.